The van der Waals surface area contributed by atoms with Crippen LogP contribution in [0.2, 0.25) is 0 Å². The lowest BCUT2D eigenvalue weighted by molar-refractivity contribution is 0.0696. The normalized spacial score (nSPS) is 16.2. The standard InChI is InChI=1S/C12H14BrNO2/c13-11-8-9(4-5-10(11)12(15)16)14-6-2-1-3-7-14/h4-5,8H,1-3,6-7H2,(H,15,16). The first kappa shape index (κ1) is 11.5. The van der Waals surface area contributed by atoms with Crippen LogP contribution < -0.4 is 4.90 Å². The minimum Gasteiger partial charge on any atom is -0.478 e. The molecule has 2 rings (SSSR count). The van der Waals surface area contributed by atoms with Gasteiger partial charge in [0, 0.05) is 23.2 Å². The van der Waals surface area contributed by atoms with Crippen LogP contribution in [0.4, 0.5) is 5.69 Å². The summed E-state index contributed by atoms with van der Waals surface area (Å²) >= 11 is 3.31. The molecule has 0 amide bonds. The number of hydrogen-bond donors (Lipinski definition) is 1. The molecule has 0 unspecified atom stereocenters. The van der Waals surface area contributed by atoms with Gasteiger partial charge in [-0.1, -0.05) is 0 Å². The Labute approximate surface area is 103 Å². The summed E-state index contributed by atoms with van der Waals surface area (Å²) in [5.74, 6) is -0.892. The Bertz CT molecular complexity index is 400. The van der Waals surface area contributed by atoms with Gasteiger partial charge in [0.25, 0.3) is 0 Å². The summed E-state index contributed by atoms with van der Waals surface area (Å²) in [6.07, 6.45) is 3.74. The molecule has 1 aromatic carbocycles. The number of carboxylic acid groups (broad SMARTS) is 1. The molecule has 1 fully saturated rings. The molecule has 16 heavy (non-hydrogen) atoms. The van der Waals surface area contributed by atoms with E-state index in [1.54, 1.807) is 6.07 Å². The van der Waals surface area contributed by atoms with E-state index >= 15 is 0 Å². The number of carbonyl (C=O) groups is 1. The smallest absolute Gasteiger partial charge is 0.336 e. The van der Waals surface area contributed by atoms with E-state index in [9.17, 15) is 4.79 Å². The minimum atomic E-state index is -0.892. The molecular weight excluding hydrogens is 270 g/mol. The first-order valence-electron chi connectivity index (χ1n) is 5.46. The van der Waals surface area contributed by atoms with Crippen molar-refractivity contribution in [3.05, 3.63) is 28.2 Å². The van der Waals surface area contributed by atoms with Crippen LogP contribution in [-0.4, -0.2) is 24.2 Å². The summed E-state index contributed by atoms with van der Waals surface area (Å²) in [5.41, 5.74) is 1.43. The summed E-state index contributed by atoms with van der Waals surface area (Å²) in [7, 11) is 0. The van der Waals surface area contributed by atoms with Gasteiger partial charge in [-0.3, -0.25) is 0 Å². The first-order chi connectivity index (χ1) is 7.68. The summed E-state index contributed by atoms with van der Waals surface area (Å²) in [6, 6.07) is 5.45. The van der Waals surface area contributed by atoms with Gasteiger partial charge in [-0.2, -0.15) is 0 Å². The summed E-state index contributed by atoms with van der Waals surface area (Å²) in [5, 5.41) is 8.92. The molecule has 0 aromatic heterocycles. The zero-order valence-electron chi connectivity index (χ0n) is 8.95. The molecule has 0 radical (unpaired) electrons. The van der Waals surface area contributed by atoms with E-state index in [4.69, 9.17) is 5.11 Å². The number of anilines is 1. The molecule has 0 bridgehead atoms. The number of benzene rings is 1. The molecule has 1 saturated heterocycles. The predicted octanol–water partition coefficient (Wildman–Crippen LogP) is 3.14. The molecule has 1 aromatic rings. The van der Waals surface area contributed by atoms with Crippen molar-refractivity contribution in [1.82, 2.24) is 0 Å². The van der Waals surface area contributed by atoms with Gasteiger partial charge in [-0.15, -0.1) is 0 Å². The van der Waals surface area contributed by atoms with Crippen molar-refractivity contribution in [3.63, 3.8) is 0 Å². The largest absolute Gasteiger partial charge is 0.478 e. The van der Waals surface area contributed by atoms with Crippen LogP contribution in [0.25, 0.3) is 0 Å². The first-order valence-corrected chi connectivity index (χ1v) is 6.25. The second kappa shape index (κ2) is 4.87. The molecule has 0 atom stereocenters. The number of hydrogen-bond acceptors (Lipinski definition) is 2. The van der Waals surface area contributed by atoms with Gasteiger partial charge in [0.05, 0.1) is 5.56 Å². The van der Waals surface area contributed by atoms with Crippen molar-refractivity contribution in [3.8, 4) is 0 Å². The monoisotopic (exact) mass is 283 g/mol. The molecule has 4 heteroatoms. The Kier molecular flexibility index (Phi) is 3.49. The average Bonchev–Trinajstić information content (AvgIpc) is 2.29. The summed E-state index contributed by atoms with van der Waals surface area (Å²) in [4.78, 5) is 13.2. The molecule has 0 saturated carbocycles. The fourth-order valence-corrected chi connectivity index (χ4v) is 2.56. The molecule has 0 aliphatic carbocycles. The van der Waals surface area contributed by atoms with Crippen molar-refractivity contribution in [2.75, 3.05) is 18.0 Å². The zero-order valence-corrected chi connectivity index (χ0v) is 10.5. The van der Waals surface area contributed by atoms with Crippen LogP contribution in [0.3, 0.4) is 0 Å². The van der Waals surface area contributed by atoms with E-state index in [1.807, 2.05) is 12.1 Å². The Hall–Kier alpha value is -1.03. The zero-order chi connectivity index (χ0) is 11.5. The van der Waals surface area contributed by atoms with Gasteiger partial charge < -0.3 is 10.0 Å². The van der Waals surface area contributed by atoms with Gasteiger partial charge in [0.1, 0.15) is 0 Å². The van der Waals surface area contributed by atoms with Gasteiger partial charge in [0.2, 0.25) is 0 Å². The van der Waals surface area contributed by atoms with Crippen molar-refractivity contribution >= 4 is 27.6 Å². The minimum absolute atomic E-state index is 0.320. The van der Waals surface area contributed by atoms with E-state index in [-0.39, 0.29) is 0 Å². The van der Waals surface area contributed by atoms with Crippen molar-refractivity contribution < 1.29 is 9.90 Å². The predicted molar refractivity (Wildman–Crippen MR) is 67.2 cm³/mol. The van der Waals surface area contributed by atoms with E-state index < -0.39 is 5.97 Å². The highest BCUT2D eigenvalue weighted by atomic mass is 79.9. The van der Waals surface area contributed by atoms with Gasteiger partial charge in [0.15, 0.2) is 0 Å². The van der Waals surface area contributed by atoms with Crippen LogP contribution in [-0.2, 0) is 0 Å². The number of carboxylic acids is 1. The van der Waals surface area contributed by atoms with Crippen LogP contribution in [0.15, 0.2) is 22.7 Å². The molecule has 1 aliphatic heterocycles. The number of nitrogens with zero attached hydrogens (tertiary/aromatic N) is 1. The second-order valence-corrected chi connectivity index (χ2v) is 4.87. The van der Waals surface area contributed by atoms with Gasteiger partial charge >= 0.3 is 5.97 Å². The highest BCUT2D eigenvalue weighted by Crippen LogP contribution is 2.26. The second-order valence-electron chi connectivity index (χ2n) is 4.02. The average molecular weight is 284 g/mol. The van der Waals surface area contributed by atoms with E-state index in [0.29, 0.717) is 10.0 Å². The lowest BCUT2D eigenvalue weighted by Crippen LogP contribution is -2.29. The highest BCUT2D eigenvalue weighted by Gasteiger charge is 2.14. The Morgan fingerprint density at radius 1 is 1.25 bits per heavy atom. The third-order valence-electron chi connectivity index (χ3n) is 2.90. The topological polar surface area (TPSA) is 40.5 Å². The fraction of sp³-hybridized carbons (Fsp3) is 0.417. The third-order valence-corrected chi connectivity index (χ3v) is 3.56. The summed E-state index contributed by atoms with van der Waals surface area (Å²) in [6.45, 7) is 2.14. The van der Waals surface area contributed by atoms with Gasteiger partial charge in [-0.25, -0.2) is 4.79 Å². The fourth-order valence-electron chi connectivity index (χ4n) is 2.03. The van der Waals surface area contributed by atoms with Gasteiger partial charge in [-0.05, 0) is 53.4 Å². The van der Waals surface area contributed by atoms with Crippen molar-refractivity contribution in [2.45, 2.75) is 19.3 Å². The molecule has 86 valence electrons. The lowest BCUT2D eigenvalue weighted by atomic mass is 10.1. The number of halogens is 1. The maximum Gasteiger partial charge on any atom is 0.336 e. The highest BCUT2D eigenvalue weighted by molar-refractivity contribution is 9.10. The van der Waals surface area contributed by atoms with E-state index in [1.165, 1.54) is 19.3 Å². The quantitative estimate of drug-likeness (QED) is 0.907. The molecule has 1 heterocycles. The summed E-state index contributed by atoms with van der Waals surface area (Å²) < 4.78 is 0.656. The molecule has 1 N–H and O–H groups in total. The van der Waals surface area contributed by atoms with Crippen LogP contribution in [0, 0.1) is 0 Å². The lowest BCUT2D eigenvalue weighted by Gasteiger charge is -2.29. The maximum absolute atomic E-state index is 10.9. The molecule has 3 nitrogen and oxygen atoms in total. The number of aromatic carboxylic acids is 1. The van der Waals surface area contributed by atoms with E-state index in [2.05, 4.69) is 20.8 Å². The molecular formula is C12H14BrNO2. The molecule has 1 aliphatic rings. The Morgan fingerprint density at radius 2 is 1.94 bits per heavy atom. The van der Waals surface area contributed by atoms with E-state index in [0.717, 1.165) is 18.8 Å². The molecule has 0 spiro atoms. The Morgan fingerprint density at radius 3 is 2.50 bits per heavy atom. The van der Waals surface area contributed by atoms with Crippen molar-refractivity contribution in [2.24, 2.45) is 0 Å². The van der Waals surface area contributed by atoms with Crippen LogP contribution >= 0.6 is 15.9 Å². The maximum atomic E-state index is 10.9. The number of rotatable bonds is 2. The SMILES string of the molecule is O=C(O)c1ccc(N2CCCCC2)cc1Br. The van der Waals surface area contributed by atoms with Crippen molar-refractivity contribution in [1.29, 1.82) is 0 Å². The third kappa shape index (κ3) is 2.38. The van der Waals surface area contributed by atoms with Crippen LogP contribution in [0.5, 0.6) is 0 Å². The number of piperidine rings is 1. The van der Waals surface area contributed by atoms with Crippen LogP contribution in [0.1, 0.15) is 29.6 Å². The Balaban J connectivity index is 2.23.